The van der Waals surface area contributed by atoms with Crippen LogP contribution < -0.4 is 0 Å². The Bertz CT molecular complexity index is 473. The topological polar surface area (TPSA) is 57.6 Å². The molecule has 17 heavy (non-hydrogen) atoms. The number of hydrogen-bond donors (Lipinski definition) is 1. The fourth-order valence-corrected chi connectivity index (χ4v) is 2.21. The average Bonchev–Trinajstić information content (AvgIpc) is 2.54. The molecule has 2 rings (SSSR count). The molecule has 0 spiro atoms. The number of imide groups is 1. The molecule has 0 unspecified atom stereocenters. The van der Waals surface area contributed by atoms with E-state index in [0.29, 0.717) is 30.5 Å². The van der Waals surface area contributed by atoms with Crippen molar-refractivity contribution < 1.29 is 14.7 Å². The van der Waals surface area contributed by atoms with Gasteiger partial charge in [0.05, 0.1) is 11.1 Å². The van der Waals surface area contributed by atoms with E-state index in [1.807, 2.05) is 0 Å². The third-order valence-electron chi connectivity index (χ3n) is 2.72. The molecule has 1 heterocycles. The minimum absolute atomic E-state index is 0.0781. The van der Waals surface area contributed by atoms with Crippen LogP contribution in [0.5, 0.6) is 0 Å². The van der Waals surface area contributed by atoms with E-state index in [-0.39, 0.29) is 18.4 Å². The first-order valence-corrected chi connectivity index (χ1v) is 6.21. The summed E-state index contributed by atoms with van der Waals surface area (Å²) in [6.07, 6.45) is 1.22. The quantitative estimate of drug-likeness (QED) is 0.681. The Morgan fingerprint density at radius 3 is 2.53 bits per heavy atom. The summed E-state index contributed by atoms with van der Waals surface area (Å²) in [6.45, 7) is 0.444. The van der Waals surface area contributed by atoms with Gasteiger partial charge in [-0.3, -0.25) is 14.5 Å². The molecule has 0 saturated heterocycles. The van der Waals surface area contributed by atoms with Crippen molar-refractivity contribution in [3.8, 4) is 0 Å². The van der Waals surface area contributed by atoms with E-state index in [0.717, 1.165) is 4.47 Å². The molecule has 0 fully saturated rings. The summed E-state index contributed by atoms with van der Waals surface area (Å²) in [5, 5.41) is 8.69. The highest BCUT2D eigenvalue weighted by Gasteiger charge is 2.34. The van der Waals surface area contributed by atoms with E-state index >= 15 is 0 Å². The van der Waals surface area contributed by atoms with Gasteiger partial charge in [-0.2, -0.15) is 0 Å². The van der Waals surface area contributed by atoms with Gasteiger partial charge in [0.2, 0.25) is 0 Å². The van der Waals surface area contributed by atoms with Crippen molar-refractivity contribution in [2.24, 2.45) is 0 Å². The van der Waals surface area contributed by atoms with Crippen LogP contribution in [0.25, 0.3) is 0 Å². The Balaban J connectivity index is 2.20. The normalized spacial score (nSPS) is 14.4. The first-order valence-electron chi connectivity index (χ1n) is 5.41. The number of amides is 2. The van der Waals surface area contributed by atoms with Crippen molar-refractivity contribution in [3.05, 3.63) is 33.8 Å². The predicted octanol–water partition coefficient (Wildman–Crippen LogP) is 1.82. The van der Waals surface area contributed by atoms with Crippen LogP contribution in [0.3, 0.4) is 0 Å². The van der Waals surface area contributed by atoms with E-state index in [9.17, 15) is 9.59 Å². The summed E-state index contributed by atoms with van der Waals surface area (Å²) in [4.78, 5) is 25.2. The Hall–Kier alpha value is -1.20. The molecule has 0 saturated carbocycles. The highest BCUT2D eigenvalue weighted by atomic mass is 79.9. The average molecular weight is 298 g/mol. The molecule has 0 aromatic heterocycles. The largest absolute Gasteiger partial charge is 0.396 e. The standard InChI is InChI=1S/C12H12BrNO3/c13-8-3-4-9-10(7-8)12(17)14(11(9)16)5-1-2-6-15/h3-4,7,15H,1-2,5-6H2. The van der Waals surface area contributed by atoms with Crippen molar-refractivity contribution in [2.45, 2.75) is 12.8 Å². The molecule has 1 N–H and O–H groups in total. The number of aliphatic hydroxyl groups is 1. The Labute approximate surface area is 107 Å². The van der Waals surface area contributed by atoms with E-state index in [1.54, 1.807) is 18.2 Å². The molecule has 90 valence electrons. The lowest BCUT2D eigenvalue weighted by atomic mass is 10.1. The third kappa shape index (κ3) is 2.25. The minimum Gasteiger partial charge on any atom is -0.396 e. The van der Waals surface area contributed by atoms with Gasteiger partial charge < -0.3 is 5.11 Å². The number of aliphatic hydroxyl groups excluding tert-OH is 1. The molecule has 2 amide bonds. The lowest BCUT2D eigenvalue weighted by Gasteiger charge is -2.12. The van der Waals surface area contributed by atoms with Gasteiger partial charge in [0.15, 0.2) is 0 Å². The van der Waals surface area contributed by atoms with Gasteiger partial charge in [-0.15, -0.1) is 0 Å². The maximum Gasteiger partial charge on any atom is 0.261 e. The maximum absolute atomic E-state index is 12.0. The van der Waals surface area contributed by atoms with Crippen LogP contribution in [0.15, 0.2) is 22.7 Å². The highest BCUT2D eigenvalue weighted by Crippen LogP contribution is 2.26. The lowest BCUT2D eigenvalue weighted by molar-refractivity contribution is 0.0649. The van der Waals surface area contributed by atoms with E-state index in [2.05, 4.69) is 15.9 Å². The molecule has 0 radical (unpaired) electrons. The monoisotopic (exact) mass is 297 g/mol. The predicted molar refractivity (Wildman–Crippen MR) is 65.8 cm³/mol. The van der Waals surface area contributed by atoms with E-state index in [1.165, 1.54) is 4.90 Å². The van der Waals surface area contributed by atoms with Gasteiger partial charge in [-0.1, -0.05) is 15.9 Å². The van der Waals surface area contributed by atoms with Crippen molar-refractivity contribution in [3.63, 3.8) is 0 Å². The molecule has 1 aliphatic heterocycles. The van der Waals surface area contributed by atoms with Crippen LogP contribution in [0.1, 0.15) is 33.6 Å². The zero-order chi connectivity index (χ0) is 12.4. The second-order valence-corrected chi connectivity index (χ2v) is 4.80. The van der Waals surface area contributed by atoms with Gasteiger partial charge in [0.25, 0.3) is 11.8 Å². The van der Waals surface area contributed by atoms with E-state index in [4.69, 9.17) is 5.11 Å². The molecular weight excluding hydrogens is 286 g/mol. The van der Waals surface area contributed by atoms with Crippen LogP contribution in [0.2, 0.25) is 0 Å². The molecule has 4 nitrogen and oxygen atoms in total. The van der Waals surface area contributed by atoms with Crippen molar-refractivity contribution >= 4 is 27.7 Å². The molecular formula is C12H12BrNO3. The Morgan fingerprint density at radius 1 is 1.12 bits per heavy atom. The fourth-order valence-electron chi connectivity index (χ4n) is 1.85. The summed E-state index contributed by atoms with van der Waals surface area (Å²) in [5.41, 5.74) is 0.913. The molecule has 1 aromatic carbocycles. The summed E-state index contributed by atoms with van der Waals surface area (Å²) >= 11 is 3.28. The Morgan fingerprint density at radius 2 is 1.82 bits per heavy atom. The number of benzene rings is 1. The summed E-state index contributed by atoms with van der Waals surface area (Å²) in [5.74, 6) is -0.486. The van der Waals surface area contributed by atoms with Crippen LogP contribution in [0, 0.1) is 0 Å². The molecule has 0 atom stereocenters. The molecule has 0 bridgehead atoms. The van der Waals surface area contributed by atoms with Crippen LogP contribution >= 0.6 is 15.9 Å². The second kappa shape index (κ2) is 4.98. The van der Waals surface area contributed by atoms with Crippen LogP contribution in [-0.2, 0) is 0 Å². The number of rotatable bonds is 4. The maximum atomic E-state index is 12.0. The number of carbonyl (C=O) groups is 2. The number of unbranched alkanes of at least 4 members (excludes halogenated alkanes) is 1. The van der Waals surface area contributed by atoms with Gasteiger partial charge >= 0.3 is 0 Å². The minimum atomic E-state index is -0.246. The van der Waals surface area contributed by atoms with Gasteiger partial charge in [0, 0.05) is 17.6 Å². The number of hydrogen-bond acceptors (Lipinski definition) is 3. The molecule has 1 aromatic rings. The zero-order valence-corrected chi connectivity index (χ0v) is 10.7. The summed E-state index contributed by atoms with van der Waals surface area (Å²) in [7, 11) is 0. The fraction of sp³-hybridized carbons (Fsp3) is 0.333. The SMILES string of the molecule is O=C1c2ccc(Br)cc2C(=O)N1CCCCO. The van der Waals surface area contributed by atoms with Crippen LogP contribution in [-0.4, -0.2) is 35.0 Å². The first-order chi connectivity index (χ1) is 8.15. The third-order valence-corrected chi connectivity index (χ3v) is 3.22. The first kappa shape index (κ1) is 12.3. The Kier molecular flexibility index (Phi) is 3.59. The van der Waals surface area contributed by atoms with Crippen molar-refractivity contribution in [1.29, 1.82) is 0 Å². The van der Waals surface area contributed by atoms with Gasteiger partial charge in [0.1, 0.15) is 0 Å². The molecule has 5 heteroatoms. The number of nitrogens with zero attached hydrogens (tertiary/aromatic N) is 1. The van der Waals surface area contributed by atoms with E-state index < -0.39 is 0 Å². The lowest BCUT2D eigenvalue weighted by Crippen LogP contribution is -2.30. The van der Waals surface area contributed by atoms with Gasteiger partial charge in [-0.05, 0) is 31.0 Å². The highest BCUT2D eigenvalue weighted by molar-refractivity contribution is 9.10. The summed E-state index contributed by atoms with van der Waals surface area (Å²) in [6, 6.07) is 5.08. The molecule has 0 aliphatic carbocycles. The zero-order valence-electron chi connectivity index (χ0n) is 9.15. The van der Waals surface area contributed by atoms with Crippen molar-refractivity contribution in [1.82, 2.24) is 4.90 Å². The number of carbonyl (C=O) groups excluding carboxylic acids is 2. The number of halogens is 1. The van der Waals surface area contributed by atoms with Crippen molar-refractivity contribution in [2.75, 3.05) is 13.2 Å². The smallest absolute Gasteiger partial charge is 0.261 e. The van der Waals surface area contributed by atoms with Gasteiger partial charge in [-0.25, -0.2) is 0 Å². The van der Waals surface area contributed by atoms with Crippen LogP contribution in [0.4, 0.5) is 0 Å². The second-order valence-electron chi connectivity index (χ2n) is 3.88. The summed E-state index contributed by atoms with van der Waals surface area (Å²) < 4.78 is 0.787. The molecule has 1 aliphatic rings. The number of fused-ring (bicyclic) bond motifs is 1.